The molecule has 0 aliphatic rings. The summed E-state index contributed by atoms with van der Waals surface area (Å²) in [6.07, 6.45) is 3.88. The van der Waals surface area contributed by atoms with E-state index in [-0.39, 0.29) is 5.54 Å². The summed E-state index contributed by atoms with van der Waals surface area (Å²) in [5.74, 6) is 0. The lowest BCUT2D eigenvalue weighted by atomic mass is 10.1. The Bertz CT molecular complexity index is 673. The highest BCUT2D eigenvalue weighted by Gasteiger charge is 2.18. The van der Waals surface area contributed by atoms with E-state index in [0.717, 1.165) is 16.9 Å². The maximum Gasteiger partial charge on any atom is 0.104 e. The van der Waals surface area contributed by atoms with Gasteiger partial charge in [-0.05, 0) is 26.0 Å². The second-order valence-corrected chi connectivity index (χ2v) is 5.45. The molecule has 4 heteroatoms. The third-order valence-electron chi connectivity index (χ3n) is 3.59. The minimum absolute atomic E-state index is 0.114. The van der Waals surface area contributed by atoms with Gasteiger partial charge in [-0.1, -0.05) is 18.2 Å². The number of rotatable bonds is 3. The number of para-hydroxylation sites is 1. The van der Waals surface area contributed by atoms with Gasteiger partial charge in [-0.3, -0.25) is 0 Å². The number of hydrogen-bond acceptors (Lipinski definition) is 2. The van der Waals surface area contributed by atoms with Crippen LogP contribution in [-0.2, 0) is 5.54 Å². The number of hydrogen-bond donors (Lipinski definition) is 2. The van der Waals surface area contributed by atoms with E-state index in [4.69, 9.17) is 5.73 Å². The smallest absolute Gasteiger partial charge is 0.104 e. The van der Waals surface area contributed by atoms with Crippen LogP contribution in [0.1, 0.15) is 13.8 Å². The normalized spacial score (nSPS) is 12.2. The van der Waals surface area contributed by atoms with Crippen molar-refractivity contribution in [1.82, 2.24) is 14.5 Å². The van der Waals surface area contributed by atoms with Crippen molar-refractivity contribution >= 4 is 10.9 Å². The Labute approximate surface area is 112 Å². The molecule has 0 radical (unpaired) electrons. The van der Waals surface area contributed by atoms with E-state index < -0.39 is 0 Å². The van der Waals surface area contributed by atoms with Crippen LogP contribution in [0.3, 0.4) is 0 Å². The summed E-state index contributed by atoms with van der Waals surface area (Å²) in [7, 11) is 0. The summed E-state index contributed by atoms with van der Waals surface area (Å²) in [6.45, 7) is 4.78. The lowest BCUT2D eigenvalue weighted by Gasteiger charge is -2.23. The minimum Gasteiger partial charge on any atom is -0.353 e. The summed E-state index contributed by atoms with van der Waals surface area (Å²) in [5.41, 5.74) is 8.78. The average molecular weight is 254 g/mol. The summed E-state index contributed by atoms with van der Waals surface area (Å²) in [5, 5.41) is 1.20. The van der Waals surface area contributed by atoms with E-state index in [2.05, 4.69) is 46.6 Å². The molecule has 3 aromatic rings. The predicted molar refractivity (Wildman–Crippen MR) is 77.9 cm³/mol. The van der Waals surface area contributed by atoms with Gasteiger partial charge in [0, 0.05) is 23.6 Å². The third kappa shape index (κ3) is 2.04. The monoisotopic (exact) mass is 254 g/mol. The van der Waals surface area contributed by atoms with Gasteiger partial charge in [0.2, 0.25) is 0 Å². The molecule has 1 aromatic carbocycles. The number of aromatic nitrogens is 3. The van der Waals surface area contributed by atoms with Crippen LogP contribution in [0.4, 0.5) is 0 Å². The molecule has 0 saturated heterocycles. The minimum atomic E-state index is -0.114. The molecule has 0 aliphatic carbocycles. The van der Waals surface area contributed by atoms with Crippen molar-refractivity contribution in [3.05, 3.63) is 42.9 Å². The second kappa shape index (κ2) is 4.24. The Morgan fingerprint density at radius 2 is 2.11 bits per heavy atom. The number of imidazole rings is 1. The fraction of sp³-hybridized carbons (Fsp3) is 0.267. The average Bonchev–Trinajstić information content (AvgIpc) is 3.05. The molecule has 19 heavy (non-hydrogen) atoms. The maximum absolute atomic E-state index is 5.79. The van der Waals surface area contributed by atoms with Crippen LogP contribution in [0.2, 0.25) is 0 Å². The van der Waals surface area contributed by atoms with E-state index >= 15 is 0 Å². The van der Waals surface area contributed by atoms with Gasteiger partial charge in [-0.2, -0.15) is 0 Å². The first-order chi connectivity index (χ1) is 9.10. The number of fused-ring (bicyclic) bond motifs is 1. The standard InChI is InChI=1S/C15H18N4/c1-15(2,9-16)19-8-14(17-10-19)13-7-11-5-3-4-6-12(11)18-13/h3-8,10,18H,9,16H2,1-2H3. The van der Waals surface area contributed by atoms with Gasteiger partial charge in [-0.15, -0.1) is 0 Å². The highest BCUT2D eigenvalue weighted by atomic mass is 15.1. The van der Waals surface area contributed by atoms with Crippen LogP contribution in [0.15, 0.2) is 42.9 Å². The van der Waals surface area contributed by atoms with E-state index in [0.29, 0.717) is 6.54 Å². The summed E-state index contributed by atoms with van der Waals surface area (Å²) in [4.78, 5) is 7.86. The maximum atomic E-state index is 5.79. The molecule has 2 aromatic heterocycles. The first-order valence-electron chi connectivity index (χ1n) is 6.43. The molecule has 3 rings (SSSR count). The van der Waals surface area contributed by atoms with E-state index in [1.807, 2.05) is 24.7 Å². The number of H-pyrrole nitrogens is 1. The summed E-state index contributed by atoms with van der Waals surface area (Å²) in [6, 6.07) is 10.3. The van der Waals surface area contributed by atoms with E-state index in [9.17, 15) is 0 Å². The molecule has 98 valence electrons. The fourth-order valence-corrected chi connectivity index (χ4v) is 2.11. The van der Waals surface area contributed by atoms with Gasteiger partial charge >= 0.3 is 0 Å². The van der Waals surface area contributed by atoms with Crippen molar-refractivity contribution in [3.63, 3.8) is 0 Å². The van der Waals surface area contributed by atoms with Crippen LogP contribution in [0, 0.1) is 0 Å². The highest BCUT2D eigenvalue weighted by Crippen LogP contribution is 2.24. The molecule has 0 amide bonds. The van der Waals surface area contributed by atoms with Crippen molar-refractivity contribution in [3.8, 4) is 11.4 Å². The number of aromatic amines is 1. The molecular weight excluding hydrogens is 236 g/mol. The number of nitrogens with one attached hydrogen (secondary N) is 1. The van der Waals surface area contributed by atoms with Crippen molar-refractivity contribution < 1.29 is 0 Å². The molecule has 0 atom stereocenters. The molecule has 0 aliphatic heterocycles. The van der Waals surface area contributed by atoms with E-state index in [1.165, 1.54) is 5.39 Å². The quantitative estimate of drug-likeness (QED) is 0.755. The topological polar surface area (TPSA) is 59.6 Å². The Morgan fingerprint density at radius 1 is 1.32 bits per heavy atom. The Hall–Kier alpha value is -2.07. The first-order valence-corrected chi connectivity index (χ1v) is 6.43. The Balaban J connectivity index is 2.03. The Morgan fingerprint density at radius 3 is 2.84 bits per heavy atom. The van der Waals surface area contributed by atoms with Gasteiger partial charge in [0.15, 0.2) is 0 Å². The van der Waals surface area contributed by atoms with Crippen LogP contribution in [0.5, 0.6) is 0 Å². The molecule has 0 fully saturated rings. The molecule has 0 saturated carbocycles. The molecule has 2 heterocycles. The van der Waals surface area contributed by atoms with Gasteiger partial charge < -0.3 is 15.3 Å². The van der Waals surface area contributed by atoms with E-state index in [1.54, 1.807) is 0 Å². The fourth-order valence-electron chi connectivity index (χ4n) is 2.11. The zero-order valence-electron chi connectivity index (χ0n) is 11.2. The lowest BCUT2D eigenvalue weighted by Crippen LogP contribution is -2.33. The van der Waals surface area contributed by atoms with Crippen molar-refractivity contribution in [2.75, 3.05) is 6.54 Å². The van der Waals surface area contributed by atoms with Crippen LogP contribution < -0.4 is 5.73 Å². The van der Waals surface area contributed by atoms with Crippen LogP contribution in [-0.4, -0.2) is 21.1 Å². The zero-order chi connectivity index (χ0) is 13.5. The number of nitrogens with zero attached hydrogens (tertiary/aromatic N) is 2. The number of benzene rings is 1. The van der Waals surface area contributed by atoms with Gasteiger partial charge in [0.25, 0.3) is 0 Å². The number of nitrogens with two attached hydrogens (primary N) is 1. The molecule has 0 bridgehead atoms. The SMILES string of the molecule is CC(C)(CN)n1cnc(-c2cc3ccccc3[nH]2)c1. The van der Waals surface area contributed by atoms with Gasteiger partial charge in [-0.25, -0.2) is 4.98 Å². The van der Waals surface area contributed by atoms with Crippen molar-refractivity contribution in [2.45, 2.75) is 19.4 Å². The zero-order valence-corrected chi connectivity index (χ0v) is 11.2. The summed E-state index contributed by atoms with van der Waals surface area (Å²) < 4.78 is 2.06. The van der Waals surface area contributed by atoms with Crippen molar-refractivity contribution in [1.29, 1.82) is 0 Å². The van der Waals surface area contributed by atoms with Crippen LogP contribution >= 0.6 is 0 Å². The Kier molecular flexibility index (Phi) is 2.68. The first kappa shape index (κ1) is 12.0. The van der Waals surface area contributed by atoms with Gasteiger partial charge in [0.05, 0.1) is 17.6 Å². The lowest BCUT2D eigenvalue weighted by molar-refractivity contribution is 0.366. The predicted octanol–water partition coefficient (Wildman–Crippen LogP) is 2.73. The third-order valence-corrected chi connectivity index (χ3v) is 3.59. The van der Waals surface area contributed by atoms with Crippen LogP contribution in [0.25, 0.3) is 22.3 Å². The molecule has 0 unspecified atom stereocenters. The van der Waals surface area contributed by atoms with Crippen molar-refractivity contribution in [2.24, 2.45) is 5.73 Å². The molecule has 4 nitrogen and oxygen atoms in total. The molecular formula is C15H18N4. The second-order valence-electron chi connectivity index (χ2n) is 5.45. The summed E-state index contributed by atoms with van der Waals surface area (Å²) >= 11 is 0. The molecule has 3 N–H and O–H groups in total. The largest absolute Gasteiger partial charge is 0.353 e. The molecule has 0 spiro atoms. The van der Waals surface area contributed by atoms with Gasteiger partial charge in [0.1, 0.15) is 5.69 Å². The highest BCUT2D eigenvalue weighted by molar-refractivity contribution is 5.84.